The second kappa shape index (κ2) is 16.6. The monoisotopic (exact) mass is 839 g/mol. The van der Waals surface area contributed by atoms with Crippen molar-refractivity contribution in [3.05, 3.63) is 295 Å². The van der Waals surface area contributed by atoms with Crippen molar-refractivity contribution in [3.63, 3.8) is 0 Å². The standard InChI is InChI=1S/C65H45N/c1-4-20-46(21-5-1)47-40-42-48(43-41-47)50-24-17-31-55(45-50)66(62-38-15-13-33-58(62)52-26-16-25-51(44-52)57-35-18-23-49-22-10-11-32-56(49)57)63-39-19-37-61-64(63)59-34-12-14-36-60(59)65(61,53-27-6-2-7-28-53)54-29-8-3-9-30-54/h1-45H. The SMILES string of the molecule is c1ccc(-c2ccc(-c3cccc(N(c4ccccc4-c4cccc(-c5cccc6ccccc56)c4)c4cccc5c4-c4ccccc4C5(c4ccccc4)c4ccccc4)c3)cc2)cc1. The molecule has 0 aromatic heterocycles. The van der Waals surface area contributed by atoms with Gasteiger partial charge in [0.1, 0.15) is 0 Å². The van der Waals surface area contributed by atoms with Gasteiger partial charge in [-0.05, 0) is 108 Å². The Morgan fingerprint density at radius 3 is 1.50 bits per heavy atom. The molecule has 0 spiro atoms. The third kappa shape index (κ3) is 6.56. The zero-order valence-corrected chi connectivity index (χ0v) is 36.4. The fourth-order valence-corrected chi connectivity index (χ4v) is 10.6. The lowest BCUT2D eigenvalue weighted by Crippen LogP contribution is -2.28. The van der Waals surface area contributed by atoms with Crippen molar-refractivity contribution in [2.24, 2.45) is 0 Å². The molecule has 0 N–H and O–H groups in total. The number of hydrogen-bond acceptors (Lipinski definition) is 1. The van der Waals surface area contributed by atoms with Crippen LogP contribution in [-0.2, 0) is 5.41 Å². The Morgan fingerprint density at radius 2 is 0.742 bits per heavy atom. The topological polar surface area (TPSA) is 3.24 Å². The molecular formula is C65H45N. The third-order valence-electron chi connectivity index (χ3n) is 13.6. The number of anilines is 3. The summed E-state index contributed by atoms with van der Waals surface area (Å²) in [6.07, 6.45) is 0. The molecular weight excluding hydrogens is 795 g/mol. The van der Waals surface area contributed by atoms with Crippen LogP contribution in [0, 0.1) is 0 Å². The highest BCUT2D eigenvalue weighted by Crippen LogP contribution is 2.60. The molecule has 66 heavy (non-hydrogen) atoms. The van der Waals surface area contributed by atoms with Crippen LogP contribution in [0.1, 0.15) is 22.3 Å². The summed E-state index contributed by atoms with van der Waals surface area (Å²) in [6, 6.07) is 100. The Balaban J connectivity index is 1.10. The maximum absolute atomic E-state index is 2.52. The molecule has 0 radical (unpaired) electrons. The molecule has 0 unspecified atom stereocenters. The summed E-state index contributed by atoms with van der Waals surface area (Å²) in [6.45, 7) is 0. The normalized spacial score (nSPS) is 12.4. The predicted octanol–water partition coefficient (Wildman–Crippen LogP) is 17.3. The lowest BCUT2D eigenvalue weighted by Gasteiger charge is -2.34. The number of rotatable bonds is 9. The molecule has 0 aliphatic heterocycles. The highest BCUT2D eigenvalue weighted by molar-refractivity contribution is 6.01. The lowest BCUT2D eigenvalue weighted by atomic mass is 9.68. The maximum Gasteiger partial charge on any atom is 0.0714 e. The Hall–Kier alpha value is -8.52. The molecule has 0 amide bonds. The first-order valence-electron chi connectivity index (χ1n) is 22.8. The molecule has 1 aliphatic rings. The molecule has 0 atom stereocenters. The van der Waals surface area contributed by atoms with Gasteiger partial charge in [0, 0.05) is 16.8 Å². The van der Waals surface area contributed by atoms with Crippen LogP contribution in [-0.4, -0.2) is 0 Å². The van der Waals surface area contributed by atoms with E-state index in [1.807, 2.05) is 0 Å². The fraction of sp³-hybridized carbons (Fsp3) is 0.0154. The predicted molar refractivity (Wildman–Crippen MR) is 278 cm³/mol. The van der Waals surface area contributed by atoms with Gasteiger partial charge >= 0.3 is 0 Å². The fourth-order valence-electron chi connectivity index (χ4n) is 10.6. The third-order valence-corrected chi connectivity index (χ3v) is 13.6. The summed E-state index contributed by atoms with van der Waals surface area (Å²) >= 11 is 0. The number of benzene rings is 11. The Kier molecular flexibility index (Phi) is 9.81. The molecule has 11 aromatic carbocycles. The van der Waals surface area contributed by atoms with E-state index in [0.717, 1.165) is 33.8 Å². The second-order valence-corrected chi connectivity index (χ2v) is 17.2. The van der Waals surface area contributed by atoms with Crippen molar-refractivity contribution in [2.45, 2.75) is 5.41 Å². The average Bonchev–Trinajstić information content (AvgIpc) is 3.71. The zero-order valence-electron chi connectivity index (χ0n) is 36.4. The van der Waals surface area contributed by atoms with E-state index in [-0.39, 0.29) is 0 Å². The van der Waals surface area contributed by atoms with Crippen molar-refractivity contribution in [1.82, 2.24) is 0 Å². The minimum atomic E-state index is -0.537. The van der Waals surface area contributed by atoms with Crippen molar-refractivity contribution in [1.29, 1.82) is 0 Å². The minimum Gasteiger partial charge on any atom is -0.309 e. The van der Waals surface area contributed by atoms with Crippen molar-refractivity contribution in [3.8, 4) is 55.6 Å². The molecule has 1 heteroatoms. The van der Waals surface area contributed by atoms with E-state index >= 15 is 0 Å². The summed E-state index contributed by atoms with van der Waals surface area (Å²) in [5, 5.41) is 2.49. The van der Waals surface area contributed by atoms with Crippen molar-refractivity contribution < 1.29 is 0 Å². The molecule has 0 saturated carbocycles. The van der Waals surface area contributed by atoms with Crippen LogP contribution in [0.15, 0.2) is 273 Å². The molecule has 0 saturated heterocycles. The van der Waals surface area contributed by atoms with Gasteiger partial charge in [0.25, 0.3) is 0 Å². The average molecular weight is 840 g/mol. The van der Waals surface area contributed by atoms with Crippen LogP contribution in [0.2, 0.25) is 0 Å². The lowest BCUT2D eigenvalue weighted by molar-refractivity contribution is 0.768. The first kappa shape index (κ1) is 39.1. The van der Waals surface area contributed by atoms with Crippen LogP contribution in [0.4, 0.5) is 17.1 Å². The molecule has 310 valence electrons. The van der Waals surface area contributed by atoms with Crippen LogP contribution in [0.5, 0.6) is 0 Å². The molecule has 0 heterocycles. The Morgan fingerprint density at radius 1 is 0.273 bits per heavy atom. The number of para-hydroxylation sites is 1. The van der Waals surface area contributed by atoms with Crippen molar-refractivity contribution in [2.75, 3.05) is 4.90 Å². The van der Waals surface area contributed by atoms with Crippen molar-refractivity contribution >= 4 is 27.8 Å². The van der Waals surface area contributed by atoms with E-state index in [9.17, 15) is 0 Å². The summed E-state index contributed by atoms with van der Waals surface area (Å²) < 4.78 is 0. The number of fused-ring (bicyclic) bond motifs is 4. The maximum atomic E-state index is 2.52. The van der Waals surface area contributed by atoms with E-state index in [1.54, 1.807) is 0 Å². The van der Waals surface area contributed by atoms with E-state index in [0.29, 0.717) is 0 Å². The van der Waals surface area contributed by atoms with Crippen LogP contribution in [0.25, 0.3) is 66.4 Å². The van der Waals surface area contributed by atoms with Gasteiger partial charge in [-0.3, -0.25) is 0 Å². The molecule has 0 bridgehead atoms. The smallest absolute Gasteiger partial charge is 0.0714 e. The zero-order chi connectivity index (χ0) is 43.9. The Bertz CT molecular complexity index is 3470. The van der Waals surface area contributed by atoms with Crippen LogP contribution >= 0.6 is 0 Å². The van der Waals surface area contributed by atoms with Gasteiger partial charge in [0.2, 0.25) is 0 Å². The molecule has 0 fully saturated rings. The molecule has 1 nitrogen and oxygen atoms in total. The first-order valence-corrected chi connectivity index (χ1v) is 22.8. The van der Waals surface area contributed by atoms with Gasteiger partial charge in [-0.15, -0.1) is 0 Å². The highest BCUT2D eigenvalue weighted by atomic mass is 15.1. The first-order chi connectivity index (χ1) is 32.8. The highest BCUT2D eigenvalue weighted by Gasteiger charge is 2.47. The van der Waals surface area contributed by atoms with E-state index < -0.39 is 5.41 Å². The van der Waals surface area contributed by atoms with Gasteiger partial charge in [0.15, 0.2) is 0 Å². The number of nitrogens with zero attached hydrogens (tertiary/aromatic N) is 1. The second-order valence-electron chi connectivity index (χ2n) is 17.2. The summed E-state index contributed by atoms with van der Waals surface area (Å²) in [5.74, 6) is 0. The summed E-state index contributed by atoms with van der Waals surface area (Å²) in [5.41, 5.74) is 19.8. The van der Waals surface area contributed by atoms with Gasteiger partial charge in [-0.25, -0.2) is 0 Å². The summed E-state index contributed by atoms with van der Waals surface area (Å²) in [7, 11) is 0. The van der Waals surface area contributed by atoms with E-state index in [4.69, 9.17) is 0 Å². The molecule has 12 rings (SSSR count). The van der Waals surface area contributed by atoms with Gasteiger partial charge in [0.05, 0.1) is 16.8 Å². The minimum absolute atomic E-state index is 0.537. The number of hydrogen-bond donors (Lipinski definition) is 0. The van der Waals surface area contributed by atoms with E-state index in [1.165, 1.54) is 72.0 Å². The van der Waals surface area contributed by atoms with Gasteiger partial charge in [-0.1, -0.05) is 243 Å². The molecule has 11 aromatic rings. The van der Waals surface area contributed by atoms with Gasteiger partial charge < -0.3 is 4.90 Å². The quantitative estimate of drug-likeness (QED) is 0.140. The Labute approximate surface area is 387 Å². The van der Waals surface area contributed by atoms with Crippen LogP contribution in [0.3, 0.4) is 0 Å². The summed E-state index contributed by atoms with van der Waals surface area (Å²) in [4.78, 5) is 2.52. The molecule has 1 aliphatic carbocycles. The largest absolute Gasteiger partial charge is 0.309 e. The van der Waals surface area contributed by atoms with Crippen LogP contribution < -0.4 is 4.90 Å². The van der Waals surface area contributed by atoms with E-state index in [2.05, 4.69) is 278 Å². The van der Waals surface area contributed by atoms with Gasteiger partial charge in [-0.2, -0.15) is 0 Å².